The summed E-state index contributed by atoms with van der Waals surface area (Å²) in [7, 11) is 1.65. The highest BCUT2D eigenvalue weighted by Gasteiger charge is 2.07. The summed E-state index contributed by atoms with van der Waals surface area (Å²) >= 11 is 0. The fourth-order valence-corrected chi connectivity index (χ4v) is 2.05. The van der Waals surface area contributed by atoms with Gasteiger partial charge in [0.1, 0.15) is 12.1 Å². The highest BCUT2D eigenvalue weighted by Crippen LogP contribution is 2.18. The van der Waals surface area contributed by atoms with Gasteiger partial charge in [-0.1, -0.05) is 0 Å². The summed E-state index contributed by atoms with van der Waals surface area (Å²) in [5.41, 5.74) is 1.58. The third kappa shape index (κ3) is 7.39. The fraction of sp³-hybridized carbons (Fsp3) is 0.412. The lowest BCUT2D eigenvalue weighted by Crippen LogP contribution is -2.38. The monoisotopic (exact) mass is 462 g/mol. The second kappa shape index (κ2) is 11.8. The van der Waals surface area contributed by atoms with Gasteiger partial charge in [-0.05, 0) is 31.2 Å². The number of hydrogen-bond acceptors (Lipinski definition) is 4. The van der Waals surface area contributed by atoms with E-state index in [2.05, 4.69) is 20.6 Å². The number of nitrogens with one attached hydrogen (secondary N) is 2. The number of halogens is 2. The summed E-state index contributed by atoms with van der Waals surface area (Å²) in [6.07, 6.45) is 2.31. The highest BCUT2D eigenvalue weighted by molar-refractivity contribution is 14.0. The second-order valence-electron chi connectivity index (χ2n) is 5.08. The summed E-state index contributed by atoms with van der Waals surface area (Å²) in [6, 6.07) is 6.07. The predicted molar refractivity (Wildman–Crippen MR) is 107 cm³/mol. The van der Waals surface area contributed by atoms with Crippen LogP contribution in [0.3, 0.4) is 0 Å². The first-order chi connectivity index (χ1) is 11.7. The maximum Gasteiger partial charge on any atom is 0.226 e. The molecule has 2 N–H and O–H groups in total. The molecular weight excluding hydrogens is 438 g/mol. The van der Waals surface area contributed by atoms with Crippen LogP contribution >= 0.6 is 24.0 Å². The van der Waals surface area contributed by atoms with Crippen molar-refractivity contribution in [3.05, 3.63) is 42.0 Å². The molecule has 0 bridgehead atoms. The van der Waals surface area contributed by atoms with Crippen LogP contribution in [0, 0.1) is 5.82 Å². The van der Waals surface area contributed by atoms with Crippen molar-refractivity contribution in [3.63, 3.8) is 0 Å². The molecule has 0 atom stereocenters. The molecule has 0 fully saturated rings. The van der Waals surface area contributed by atoms with E-state index < -0.39 is 0 Å². The Morgan fingerprint density at radius 2 is 2.04 bits per heavy atom. The molecule has 0 radical (unpaired) electrons. The summed E-state index contributed by atoms with van der Waals surface area (Å²) in [4.78, 5) is 8.80. The lowest BCUT2D eigenvalue weighted by atomic mass is 10.2. The minimum absolute atomic E-state index is 0. The lowest BCUT2D eigenvalue weighted by Gasteiger charge is -2.10. The molecule has 0 aliphatic carbocycles. The summed E-state index contributed by atoms with van der Waals surface area (Å²) in [5, 5.41) is 6.40. The van der Waals surface area contributed by atoms with Crippen LogP contribution in [0.4, 0.5) is 4.39 Å². The maximum atomic E-state index is 12.9. The number of methoxy groups -OCH3 is 1. The normalized spacial score (nSPS) is 11.1. The molecule has 1 heterocycles. The summed E-state index contributed by atoms with van der Waals surface area (Å²) < 4.78 is 23.4. The van der Waals surface area contributed by atoms with Gasteiger partial charge in [0.25, 0.3) is 0 Å². The average molecular weight is 462 g/mol. The third-order valence-corrected chi connectivity index (χ3v) is 3.23. The van der Waals surface area contributed by atoms with Crippen LogP contribution in [0.5, 0.6) is 0 Å². The number of oxazole rings is 1. The van der Waals surface area contributed by atoms with E-state index in [0.717, 1.165) is 23.8 Å². The number of ether oxygens (including phenoxy) is 1. The van der Waals surface area contributed by atoms with E-state index in [1.165, 1.54) is 12.1 Å². The van der Waals surface area contributed by atoms with E-state index in [9.17, 15) is 4.39 Å². The van der Waals surface area contributed by atoms with Gasteiger partial charge in [0.15, 0.2) is 5.96 Å². The molecule has 0 aliphatic heterocycles. The molecule has 0 unspecified atom stereocenters. The van der Waals surface area contributed by atoms with Crippen LogP contribution in [0.15, 0.2) is 39.9 Å². The third-order valence-electron chi connectivity index (χ3n) is 3.23. The molecule has 0 saturated carbocycles. The predicted octanol–water partition coefficient (Wildman–Crippen LogP) is 2.84. The standard InChI is InChI=1S/C17H23FN4O2.HI/c1-3-19-17(21-10-11-23-2)20-9-8-15-12-24-16(22-15)13-4-6-14(18)7-5-13;/h4-7,12H,3,8-11H2,1-2H3,(H2,19,20,21);1H. The minimum atomic E-state index is -0.279. The van der Waals surface area contributed by atoms with Crippen LogP contribution in [0.2, 0.25) is 0 Å². The minimum Gasteiger partial charge on any atom is -0.444 e. The van der Waals surface area contributed by atoms with E-state index in [1.807, 2.05) is 6.92 Å². The molecule has 2 rings (SSSR count). The van der Waals surface area contributed by atoms with Crippen LogP contribution in [0.1, 0.15) is 12.6 Å². The zero-order valence-corrected chi connectivity index (χ0v) is 16.7. The van der Waals surface area contributed by atoms with E-state index in [4.69, 9.17) is 9.15 Å². The van der Waals surface area contributed by atoms with E-state index >= 15 is 0 Å². The van der Waals surface area contributed by atoms with Crippen LogP contribution < -0.4 is 10.6 Å². The molecule has 0 aliphatic rings. The number of rotatable bonds is 8. The molecule has 0 spiro atoms. The molecule has 138 valence electrons. The molecule has 0 amide bonds. The van der Waals surface area contributed by atoms with Crippen molar-refractivity contribution < 1.29 is 13.5 Å². The Bertz CT molecular complexity index is 646. The number of aliphatic imine (C=N–C) groups is 1. The van der Waals surface area contributed by atoms with Gasteiger partial charge in [-0.15, -0.1) is 24.0 Å². The zero-order chi connectivity index (χ0) is 17.2. The number of benzene rings is 1. The Morgan fingerprint density at radius 1 is 1.28 bits per heavy atom. The van der Waals surface area contributed by atoms with Gasteiger partial charge in [0, 0.05) is 32.2 Å². The highest BCUT2D eigenvalue weighted by atomic mass is 127. The smallest absolute Gasteiger partial charge is 0.226 e. The Hall–Kier alpha value is -1.68. The van der Waals surface area contributed by atoms with E-state index in [1.54, 1.807) is 25.5 Å². The first-order valence-electron chi connectivity index (χ1n) is 7.94. The topological polar surface area (TPSA) is 71.7 Å². The summed E-state index contributed by atoms with van der Waals surface area (Å²) in [6.45, 7) is 4.66. The number of hydrogen-bond donors (Lipinski definition) is 2. The Labute approximate surface area is 164 Å². The second-order valence-corrected chi connectivity index (χ2v) is 5.08. The Morgan fingerprint density at radius 3 is 2.72 bits per heavy atom. The van der Waals surface area contributed by atoms with Crippen molar-refractivity contribution in [3.8, 4) is 11.5 Å². The number of aromatic nitrogens is 1. The first kappa shape index (κ1) is 21.4. The average Bonchev–Trinajstić information content (AvgIpc) is 3.04. The molecule has 8 heteroatoms. The van der Waals surface area contributed by atoms with Gasteiger partial charge >= 0.3 is 0 Å². The van der Waals surface area contributed by atoms with Crippen LogP contribution in [-0.4, -0.2) is 44.3 Å². The molecule has 2 aromatic rings. The molecule has 25 heavy (non-hydrogen) atoms. The largest absolute Gasteiger partial charge is 0.444 e. The van der Waals surface area contributed by atoms with Gasteiger partial charge in [0.05, 0.1) is 18.8 Å². The van der Waals surface area contributed by atoms with Crippen molar-refractivity contribution >= 4 is 29.9 Å². The molecule has 0 saturated heterocycles. The van der Waals surface area contributed by atoms with Gasteiger partial charge in [-0.2, -0.15) is 0 Å². The summed E-state index contributed by atoms with van der Waals surface area (Å²) in [5.74, 6) is 0.959. The van der Waals surface area contributed by atoms with Gasteiger partial charge in [0.2, 0.25) is 5.89 Å². The van der Waals surface area contributed by atoms with Gasteiger partial charge in [-0.3, -0.25) is 4.99 Å². The van der Waals surface area contributed by atoms with Gasteiger partial charge < -0.3 is 19.8 Å². The van der Waals surface area contributed by atoms with E-state index in [0.29, 0.717) is 32.0 Å². The number of guanidine groups is 1. The first-order valence-corrected chi connectivity index (χ1v) is 7.94. The Kier molecular flexibility index (Phi) is 10.1. The Balaban J connectivity index is 0.00000312. The van der Waals surface area contributed by atoms with Gasteiger partial charge in [-0.25, -0.2) is 9.37 Å². The zero-order valence-electron chi connectivity index (χ0n) is 14.4. The quantitative estimate of drug-likeness (QED) is 0.273. The molecule has 6 nitrogen and oxygen atoms in total. The van der Waals surface area contributed by atoms with Crippen molar-refractivity contribution in [1.29, 1.82) is 0 Å². The van der Waals surface area contributed by atoms with Crippen molar-refractivity contribution in [1.82, 2.24) is 15.6 Å². The van der Waals surface area contributed by atoms with Crippen molar-refractivity contribution in [2.75, 3.05) is 33.4 Å². The van der Waals surface area contributed by atoms with E-state index in [-0.39, 0.29) is 29.8 Å². The van der Waals surface area contributed by atoms with Crippen LogP contribution in [0.25, 0.3) is 11.5 Å². The number of nitrogens with zero attached hydrogens (tertiary/aromatic N) is 2. The SMILES string of the molecule is CCNC(=NCCOC)NCCc1coc(-c2ccc(F)cc2)n1.I. The van der Waals surface area contributed by atoms with Crippen LogP contribution in [-0.2, 0) is 11.2 Å². The van der Waals surface area contributed by atoms with Crippen molar-refractivity contribution in [2.24, 2.45) is 4.99 Å². The molecular formula is C17H24FIN4O2. The maximum absolute atomic E-state index is 12.9. The lowest BCUT2D eigenvalue weighted by molar-refractivity contribution is 0.208. The molecule has 1 aromatic carbocycles. The fourth-order valence-electron chi connectivity index (χ4n) is 2.05. The van der Waals surface area contributed by atoms with Crippen molar-refractivity contribution in [2.45, 2.75) is 13.3 Å². The molecule has 1 aromatic heterocycles.